The maximum absolute atomic E-state index is 12.6. The second kappa shape index (κ2) is 8.78. The normalized spacial score (nSPS) is 13.3. The molecule has 0 unspecified atom stereocenters. The average Bonchev–Trinajstić information content (AvgIpc) is 3.29. The number of nitrogens with zero attached hydrogens (tertiary/aromatic N) is 2. The van der Waals surface area contributed by atoms with Crippen LogP contribution in [0.25, 0.3) is 0 Å². The van der Waals surface area contributed by atoms with Gasteiger partial charge in [-0.1, -0.05) is 29.8 Å². The van der Waals surface area contributed by atoms with Crippen LogP contribution in [0.5, 0.6) is 0 Å². The predicted octanol–water partition coefficient (Wildman–Crippen LogP) is 4.85. The lowest BCUT2D eigenvalue weighted by Crippen LogP contribution is -2.17. The van der Waals surface area contributed by atoms with Crippen molar-refractivity contribution in [2.45, 2.75) is 26.3 Å². The number of hydrogen-bond donors (Lipinski definition) is 2. The molecule has 3 aromatic rings. The van der Waals surface area contributed by atoms with Gasteiger partial charge in [-0.15, -0.1) is 0 Å². The molecular formula is C24H26N4O. The molecule has 2 aromatic carbocycles. The van der Waals surface area contributed by atoms with Gasteiger partial charge >= 0.3 is 0 Å². The molecule has 1 aliphatic rings. The molecule has 0 radical (unpaired) electrons. The molecule has 2 N–H and O–H groups in total. The van der Waals surface area contributed by atoms with Gasteiger partial charge < -0.3 is 15.5 Å². The molecule has 1 aromatic heterocycles. The number of pyridine rings is 1. The first-order chi connectivity index (χ1) is 14.2. The van der Waals surface area contributed by atoms with E-state index in [-0.39, 0.29) is 5.91 Å². The number of nitrogens with one attached hydrogen (secondary N) is 2. The lowest BCUT2D eigenvalue weighted by Gasteiger charge is -2.17. The van der Waals surface area contributed by atoms with Gasteiger partial charge in [0.2, 0.25) is 0 Å². The summed E-state index contributed by atoms with van der Waals surface area (Å²) >= 11 is 0. The Kier molecular flexibility index (Phi) is 5.75. The Bertz CT molecular complexity index is 961. The van der Waals surface area contributed by atoms with E-state index in [1.807, 2.05) is 12.1 Å². The lowest BCUT2D eigenvalue weighted by atomic mass is 10.1. The lowest BCUT2D eigenvalue weighted by molar-refractivity contribution is 0.102. The number of aryl methyl sites for hydroxylation is 1. The Balaban J connectivity index is 1.37. The molecule has 5 nitrogen and oxygen atoms in total. The van der Waals surface area contributed by atoms with E-state index in [9.17, 15) is 4.79 Å². The number of carbonyl (C=O) groups is 1. The zero-order valence-electron chi connectivity index (χ0n) is 16.7. The van der Waals surface area contributed by atoms with E-state index in [1.54, 1.807) is 18.3 Å². The summed E-state index contributed by atoms with van der Waals surface area (Å²) in [7, 11) is 0. The van der Waals surface area contributed by atoms with Crippen LogP contribution < -0.4 is 15.5 Å². The van der Waals surface area contributed by atoms with Crippen LogP contribution in [-0.2, 0) is 6.54 Å². The third-order valence-electron chi connectivity index (χ3n) is 5.21. The van der Waals surface area contributed by atoms with Crippen molar-refractivity contribution in [3.05, 3.63) is 83.6 Å². The number of anilines is 3. The Morgan fingerprint density at radius 1 is 1.00 bits per heavy atom. The van der Waals surface area contributed by atoms with Gasteiger partial charge in [0.25, 0.3) is 5.91 Å². The summed E-state index contributed by atoms with van der Waals surface area (Å²) in [5, 5.41) is 6.25. The predicted molar refractivity (Wildman–Crippen MR) is 119 cm³/mol. The summed E-state index contributed by atoms with van der Waals surface area (Å²) in [5.41, 5.74) is 5.00. The van der Waals surface area contributed by atoms with Gasteiger partial charge in [-0.25, -0.2) is 4.98 Å². The number of aromatic nitrogens is 1. The van der Waals surface area contributed by atoms with Crippen molar-refractivity contribution in [2.24, 2.45) is 0 Å². The molecule has 1 saturated heterocycles. The van der Waals surface area contributed by atoms with Crippen LogP contribution in [0.2, 0.25) is 0 Å². The molecule has 4 rings (SSSR count). The fourth-order valence-corrected chi connectivity index (χ4v) is 3.50. The Hall–Kier alpha value is -3.34. The van der Waals surface area contributed by atoms with Crippen LogP contribution in [0.4, 0.5) is 17.2 Å². The van der Waals surface area contributed by atoms with Crippen LogP contribution in [-0.4, -0.2) is 24.0 Å². The highest BCUT2D eigenvalue weighted by Crippen LogP contribution is 2.22. The first-order valence-electron chi connectivity index (χ1n) is 10.1. The maximum atomic E-state index is 12.6. The van der Waals surface area contributed by atoms with Gasteiger partial charge in [-0.05, 0) is 61.7 Å². The first-order valence-corrected chi connectivity index (χ1v) is 10.1. The number of benzene rings is 2. The van der Waals surface area contributed by atoms with Crippen LogP contribution in [0.1, 0.15) is 34.3 Å². The summed E-state index contributed by atoms with van der Waals surface area (Å²) in [5.74, 6) is 0.544. The molecule has 2 heterocycles. The van der Waals surface area contributed by atoms with Crippen molar-refractivity contribution in [3.63, 3.8) is 0 Å². The maximum Gasteiger partial charge on any atom is 0.255 e. The van der Waals surface area contributed by atoms with Gasteiger partial charge in [0, 0.05) is 42.8 Å². The van der Waals surface area contributed by atoms with Crippen molar-refractivity contribution in [1.82, 2.24) is 4.98 Å². The van der Waals surface area contributed by atoms with Crippen LogP contribution >= 0.6 is 0 Å². The van der Waals surface area contributed by atoms with Gasteiger partial charge in [0.1, 0.15) is 5.82 Å². The van der Waals surface area contributed by atoms with E-state index >= 15 is 0 Å². The molecule has 0 saturated carbocycles. The van der Waals surface area contributed by atoms with Crippen LogP contribution in [0, 0.1) is 6.92 Å². The SMILES string of the molecule is Cc1ccc(CNc2cc(C(=O)Nc3ccc(N4CCCC4)cc3)ccn2)cc1. The fraction of sp³-hybridized carbons (Fsp3) is 0.250. The average molecular weight is 386 g/mol. The molecule has 148 valence electrons. The largest absolute Gasteiger partial charge is 0.372 e. The number of amides is 1. The number of hydrogen-bond acceptors (Lipinski definition) is 4. The number of rotatable bonds is 6. The molecular weight excluding hydrogens is 360 g/mol. The van der Waals surface area contributed by atoms with Crippen molar-refractivity contribution in [1.29, 1.82) is 0 Å². The van der Waals surface area contributed by atoms with E-state index in [4.69, 9.17) is 0 Å². The van der Waals surface area contributed by atoms with Gasteiger partial charge in [-0.3, -0.25) is 4.79 Å². The minimum Gasteiger partial charge on any atom is -0.372 e. The van der Waals surface area contributed by atoms with Gasteiger partial charge in [0.15, 0.2) is 0 Å². The molecule has 0 bridgehead atoms. The van der Waals surface area contributed by atoms with E-state index in [2.05, 4.69) is 63.8 Å². The van der Waals surface area contributed by atoms with Crippen LogP contribution in [0.3, 0.4) is 0 Å². The summed E-state index contributed by atoms with van der Waals surface area (Å²) in [4.78, 5) is 19.3. The number of carbonyl (C=O) groups excluding carboxylic acids is 1. The monoisotopic (exact) mass is 386 g/mol. The molecule has 29 heavy (non-hydrogen) atoms. The van der Waals surface area contributed by atoms with Crippen LogP contribution in [0.15, 0.2) is 66.9 Å². The summed E-state index contributed by atoms with van der Waals surface area (Å²) in [6, 6.07) is 19.9. The van der Waals surface area contributed by atoms with Crippen molar-refractivity contribution < 1.29 is 4.79 Å². The standard InChI is InChI=1S/C24H26N4O/c1-18-4-6-19(7-5-18)17-26-23-16-20(12-13-25-23)24(29)27-21-8-10-22(11-9-21)28-14-2-3-15-28/h4-13,16H,2-3,14-15,17H2,1H3,(H,25,26)(H,27,29). The molecule has 0 atom stereocenters. The smallest absolute Gasteiger partial charge is 0.255 e. The Morgan fingerprint density at radius 2 is 1.72 bits per heavy atom. The minimum absolute atomic E-state index is 0.139. The molecule has 1 fully saturated rings. The van der Waals surface area contributed by atoms with Crippen molar-refractivity contribution >= 4 is 23.1 Å². The fourth-order valence-electron chi connectivity index (χ4n) is 3.50. The topological polar surface area (TPSA) is 57.3 Å². The molecule has 1 amide bonds. The minimum atomic E-state index is -0.139. The van der Waals surface area contributed by atoms with Gasteiger partial charge in [-0.2, -0.15) is 0 Å². The highest BCUT2D eigenvalue weighted by molar-refractivity contribution is 6.04. The Labute approximate surface area is 171 Å². The summed E-state index contributed by atoms with van der Waals surface area (Å²) in [6.07, 6.45) is 4.16. The molecule has 5 heteroatoms. The zero-order valence-corrected chi connectivity index (χ0v) is 16.7. The Morgan fingerprint density at radius 3 is 2.45 bits per heavy atom. The van der Waals surface area contributed by atoms with E-state index < -0.39 is 0 Å². The zero-order chi connectivity index (χ0) is 20.1. The second-order valence-electron chi connectivity index (χ2n) is 7.46. The van der Waals surface area contributed by atoms with Gasteiger partial charge in [0.05, 0.1) is 0 Å². The van der Waals surface area contributed by atoms with Crippen molar-refractivity contribution in [3.8, 4) is 0 Å². The van der Waals surface area contributed by atoms with E-state index in [0.717, 1.165) is 18.8 Å². The third-order valence-corrected chi connectivity index (χ3v) is 5.21. The highest BCUT2D eigenvalue weighted by atomic mass is 16.1. The molecule has 0 aliphatic carbocycles. The quantitative estimate of drug-likeness (QED) is 0.636. The summed E-state index contributed by atoms with van der Waals surface area (Å²) < 4.78 is 0. The second-order valence-corrected chi connectivity index (χ2v) is 7.46. The third kappa shape index (κ3) is 4.93. The summed E-state index contributed by atoms with van der Waals surface area (Å²) in [6.45, 7) is 4.96. The highest BCUT2D eigenvalue weighted by Gasteiger charge is 2.12. The molecule has 0 spiro atoms. The van der Waals surface area contributed by atoms with E-state index in [1.165, 1.54) is 29.7 Å². The first kappa shape index (κ1) is 19.0. The molecule has 1 aliphatic heterocycles. The van der Waals surface area contributed by atoms with E-state index in [0.29, 0.717) is 17.9 Å². The van der Waals surface area contributed by atoms with Crippen molar-refractivity contribution in [2.75, 3.05) is 28.6 Å².